The predicted molar refractivity (Wildman–Crippen MR) is 135 cm³/mol. The molecule has 0 saturated carbocycles. The number of anilines is 1. The summed E-state index contributed by atoms with van der Waals surface area (Å²) in [6, 6.07) is 10.2. The van der Waals surface area contributed by atoms with Gasteiger partial charge in [-0.25, -0.2) is 18.9 Å². The Hall–Kier alpha value is -3.56. The topological polar surface area (TPSA) is 84.6 Å². The SMILES string of the molecule is Cc1c(Cl)cnc2c(Oc3ccc(CC(=O)Nc4nc(C5CCN(C)CC5)ccc4F)cc3)cnn12. The van der Waals surface area contributed by atoms with Crippen molar-refractivity contribution in [2.24, 2.45) is 0 Å². The number of aryl methyl sites for hydroxylation is 1. The lowest BCUT2D eigenvalue weighted by molar-refractivity contribution is -0.115. The van der Waals surface area contributed by atoms with E-state index in [1.165, 1.54) is 6.07 Å². The molecule has 0 unspecified atom stereocenters. The van der Waals surface area contributed by atoms with Crippen molar-refractivity contribution in [1.29, 1.82) is 0 Å². The molecule has 4 aromatic rings. The Morgan fingerprint density at radius 3 is 2.67 bits per heavy atom. The molecule has 0 radical (unpaired) electrons. The molecule has 1 fully saturated rings. The van der Waals surface area contributed by atoms with Gasteiger partial charge in [0, 0.05) is 17.8 Å². The molecule has 0 spiro atoms. The van der Waals surface area contributed by atoms with Crippen LogP contribution in [0.2, 0.25) is 5.02 Å². The number of rotatable bonds is 6. The zero-order valence-corrected chi connectivity index (χ0v) is 20.8. The van der Waals surface area contributed by atoms with Crippen molar-refractivity contribution in [2.45, 2.75) is 32.1 Å². The maximum absolute atomic E-state index is 14.4. The van der Waals surface area contributed by atoms with Crippen molar-refractivity contribution in [3.05, 3.63) is 76.6 Å². The molecule has 5 rings (SSSR count). The maximum Gasteiger partial charge on any atom is 0.230 e. The highest BCUT2D eigenvalue weighted by Crippen LogP contribution is 2.29. The number of pyridine rings is 1. The summed E-state index contributed by atoms with van der Waals surface area (Å²) in [6.45, 7) is 3.81. The van der Waals surface area contributed by atoms with Gasteiger partial charge in [-0.05, 0) is 69.7 Å². The van der Waals surface area contributed by atoms with Gasteiger partial charge in [-0.2, -0.15) is 5.10 Å². The van der Waals surface area contributed by atoms with Crippen LogP contribution in [0.4, 0.5) is 10.2 Å². The smallest absolute Gasteiger partial charge is 0.230 e. The summed E-state index contributed by atoms with van der Waals surface area (Å²) in [4.78, 5) is 23.6. The number of carbonyl (C=O) groups excluding carboxylic acids is 1. The molecule has 3 aromatic heterocycles. The number of benzene rings is 1. The Balaban J connectivity index is 1.22. The first-order valence-corrected chi connectivity index (χ1v) is 12.2. The molecule has 1 N–H and O–H groups in total. The van der Waals surface area contributed by atoms with Crippen LogP contribution in [0.3, 0.4) is 0 Å². The Bertz CT molecular complexity index is 1400. The molecule has 36 heavy (non-hydrogen) atoms. The quantitative estimate of drug-likeness (QED) is 0.394. The van der Waals surface area contributed by atoms with E-state index in [1.54, 1.807) is 47.2 Å². The fraction of sp³-hybridized carbons (Fsp3) is 0.308. The number of piperidine rings is 1. The summed E-state index contributed by atoms with van der Waals surface area (Å²) in [5.74, 6) is 0.437. The Morgan fingerprint density at radius 2 is 1.92 bits per heavy atom. The molecular formula is C26H26ClFN6O2. The van der Waals surface area contributed by atoms with Crippen LogP contribution < -0.4 is 10.1 Å². The molecule has 10 heteroatoms. The molecule has 1 amide bonds. The van der Waals surface area contributed by atoms with Crippen LogP contribution in [0.15, 0.2) is 48.8 Å². The first kappa shape index (κ1) is 24.1. The van der Waals surface area contributed by atoms with Crippen molar-refractivity contribution >= 4 is 29.0 Å². The van der Waals surface area contributed by atoms with E-state index in [0.29, 0.717) is 22.2 Å². The van der Waals surface area contributed by atoms with Gasteiger partial charge in [0.25, 0.3) is 0 Å². The normalized spacial score (nSPS) is 14.8. The van der Waals surface area contributed by atoms with Crippen LogP contribution in [-0.4, -0.2) is 50.5 Å². The second-order valence-corrected chi connectivity index (χ2v) is 9.46. The molecule has 186 valence electrons. The minimum Gasteiger partial charge on any atom is -0.452 e. The van der Waals surface area contributed by atoms with Gasteiger partial charge in [0.05, 0.1) is 23.3 Å². The Morgan fingerprint density at radius 1 is 1.17 bits per heavy atom. The van der Waals surface area contributed by atoms with Gasteiger partial charge in [-0.15, -0.1) is 0 Å². The van der Waals surface area contributed by atoms with Crippen LogP contribution in [0, 0.1) is 12.7 Å². The number of halogens is 2. The number of hydrogen-bond acceptors (Lipinski definition) is 6. The number of fused-ring (bicyclic) bond motifs is 1. The molecule has 1 aliphatic rings. The van der Waals surface area contributed by atoms with E-state index in [2.05, 4.69) is 32.3 Å². The van der Waals surface area contributed by atoms with Crippen LogP contribution in [0.5, 0.6) is 11.5 Å². The molecule has 4 heterocycles. The van der Waals surface area contributed by atoms with Gasteiger partial charge in [-0.1, -0.05) is 23.7 Å². The third kappa shape index (κ3) is 5.17. The van der Waals surface area contributed by atoms with Gasteiger partial charge >= 0.3 is 0 Å². The van der Waals surface area contributed by atoms with Crippen LogP contribution >= 0.6 is 11.6 Å². The monoisotopic (exact) mass is 508 g/mol. The highest BCUT2D eigenvalue weighted by atomic mass is 35.5. The van der Waals surface area contributed by atoms with Gasteiger partial charge in [0.1, 0.15) is 5.75 Å². The Labute approximate surface area is 213 Å². The third-order valence-electron chi connectivity index (χ3n) is 6.45. The minimum atomic E-state index is -0.540. The number of likely N-dealkylation sites (tertiary alicyclic amines) is 1. The molecule has 1 aromatic carbocycles. The summed E-state index contributed by atoms with van der Waals surface area (Å²) in [5, 5.41) is 7.42. The van der Waals surface area contributed by atoms with Crippen molar-refractivity contribution in [3.8, 4) is 11.5 Å². The van der Waals surface area contributed by atoms with E-state index in [1.807, 2.05) is 6.92 Å². The van der Waals surface area contributed by atoms with Crippen LogP contribution in [0.1, 0.15) is 35.7 Å². The third-order valence-corrected chi connectivity index (χ3v) is 6.82. The minimum absolute atomic E-state index is 0.0210. The predicted octanol–water partition coefficient (Wildman–Crippen LogP) is 5.01. The molecule has 0 atom stereocenters. The number of amides is 1. The van der Waals surface area contributed by atoms with Gasteiger partial charge < -0.3 is 15.0 Å². The van der Waals surface area contributed by atoms with E-state index < -0.39 is 5.82 Å². The number of ether oxygens (including phenoxy) is 1. The second-order valence-electron chi connectivity index (χ2n) is 9.05. The summed E-state index contributed by atoms with van der Waals surface area (Å²) in [6.07, 6.45) is 5.15. The van der Waals surface area contributed by atoms with E-state index in [0.717, 1.165) is 42.9 Å². The standard InChI is InChI=1S/C26H26ClFN6O2/c1-16-20(27)14-29-26-23(15-30-34(16)26)36-19-5-3-17(4-6-19)13-24(35)32-25-21(28)7-8-22(31-25)18-9-11-33(2)12-10-18/h3-8,14-15,18H,9-13H2,1-2H3,(H,31,32,35). The summed E-state index contributed by atoms with van der Waals surface area (Å²) < 4.78 is 21.9. The summed E-state index contributed by atoms with van der Waals surface area (Å²) in [7, 11) is 2.09. The number of aromatic nitrogens is 4. The highest BCUT2D eigenvalue weighted by Gasteiger charge is 2.21. The lowest BCUT2D eigenvalue weighted by atomic mass is 9.93. The first-order chi connectivity index (χ1) is 17.4. The van der Waals surface area contributed by atoms with Crippen molar-refractivity contribution in [1.82, 2.24) is 24.5 Å². The average Bonchev–Trinajstić information content (AvgIpc) is 3.28. The second kappa shape index (κ2) is 10.2. The van der Waals surface area contributed by atoms with Gasteiger partial charge in [0.15, 0.2) is 23.0 Å². The first-order valence-electron chi connectivity index (χ1n) is 11.8. The molecular weight excluding hydrogens is 483 g/mol. The van der Waals surface area contributed by atoms with E-state index in [9.17, 15) is 9.18 Å². The molecule has 1 saturated heterocycles. The summed E-state index contributed by atoms with van der Waals surface area (Å²) in [5.41, 5.74) is 2.89. The van der Waals surface area contributed by atoms with Crippen molar-refractivity contribution in [3.63, 3.8) is 0 Å². The average molecular weight is 509 g/mol. The van der Waals surface area contributed by atoms with Gasteiger partial charge in [0.2, 0.25) is 5.91 Å². The lowest BCUT2D eigenvalue weighted by Crippen LogP contribution is -2.29. The molecule has 8 nitrogen and oxygen atoms in total. The fourth-order valence-corrected chi connectivity index (χ4v) is 4.44. The molecule has 1 aliphatic heterocycles. The van der Waals surface area contributed by atoms with E-state index in [4.69, 9.17) is 16.3 Å². The Kier molecular flexibility index (Phi) is 6.84. The number of hydrogen-bond donors (Lipinski definition) is 1. The lowest BCUT2D eigenvalue weighted by Gasteiger charge is -2.28. The fourth-order valence-electron chi connectivity index (χ4n) is 4.32. The van der Waals surface area contributed by atoms with Crippen LogP contribution in [-0.2, 0) is 11.2 Å². The zero-order chi connectivity index (χ0) is 25.2. The largest absolute Gasteiger partial charge is 0.452 e. The number of nitrogens with one attached hydrogen (secondary N) is 1. The maximum atomic E-state index is 14.4. The van der Waals surface area contributed by atoms with Crippen LogP contribution in [0.25, 0.3) is 5.65 Å². The van der Waals surface area contributed by atoms with Crippen molar-refractivity contribution < 1.29 is 13.9 Å². The number of carbonyl (C=O) groups is 1. The van der Waals surface area contributed by atoms with Crippen molar-refractivity contribution in [2.75, 3.05) is 25.5 Å². The van der Waals surface area contributed by atoms with E-state index in [-0.39, 0.29) is 24.1 Å². The van der Waals surface area contributed by atoms with Gasteiger partial charge in [-0.3, -0.25) is 4.79 Å². The molecule has 0 bridgehead atoms. The zero-order valence-electron chi connectivity index (χ0n) is 20.0. The summed E-state index contributed by atoms with van der Waals surface area (Å²) >= 11 is 6.10. The number of nitrogens with zero attached hydrogens (tertiary/aromatic N) is 5. The highest BCUT2D eigenvalue weighted by molar-refractivity contribution is 6.31. The van der Waals surface area contributed by atoms with E-state index >= 15 is 0 Å². The molecule has 0 aliphatic carbocycles.